The molecule has 2 nitrogen and oxygen atoms in total. The van der Waals surface area contributed by atoms with Crippen LogP contribution in [0.25, 0.3) is 0 Å². The number of rotatable bonds is 2. The van der Waals surface area contributed by atoms with E-state index in [1.165, 1.54) is 13.2 Å². The molecule has 0 amide bonds. The van der Waals surface area contributed by atoms with E-state index in [0.29, 0.717) is 18.6 Å². The molecule has 0 aromatic heterocycles. The van der Waals surface area contributed by atoms with Crippen molar-refractivity contribution in [1.82, 2.24) is 0 Å². The number of aliphatic hydroxyl groups excluding tert-OH is 1. The van der Waals surface area contributed by atoms with E-state index in [4.69, 9.17) is 4.74 Å². The van der Waals surface area contributed by atoms with E-state index in [9.17, 15) is 9.50 Å². The largest absolute Gasteiger partial charge is 0.493 e. The van der Waals surface area contributed by atoms with Crippen LogP contribution in [0.3, 0.4) is 0 Å². The van der Waals surface area contributed by atoms with Gasteiger partial charge < -0.3 is 9.84 Å². The number of para-hydroxylation sites is 1. The topological polar surface area (TPSA) is 29.5 Å². The lowest BCUT2D eigenvalue weighted by atomic mass is 9.77. The second-order valence-electron chi connectivity index (χ2n) is 3.68. The van der Waals surface area contributed by atoms with Gasteiger partial charge in [0.15, 0.2) is 11.6 Å². The number of benzene rings is 1. The Morgan fingerprint density at radius 3 is 2.71 bits per heavy atom. The van der Waals surface area contributed by atoms with Crippen molar-refractivity contribution < 1.29 is 14.2 Å². The van der Waals surface area contributed by atoms with Crippen molar-refractivity contribution in [3.05, 3.63) is 29.6 Å². The van der Waals surface area contributed by atoms with Crippen LogP contribution in [-0.4, -0.2) is 18.3 Å². The highest BCUT2D eigenvalue weighted by atomic mass is 19.1. The van der Waals surface area contributed by atoms with Crippen LogP contribution in [0.1, 0.15) is 24.3 Å². The fraction of sp³-hybridized carbons (Fsp3) is 0.455. The van der Waals surface area contributed by atoms with Crippen molar-refractivity contribution in [2.75, 3.05) is 7.11 Å². The van der Waals surface area contributed by atoms with Crippen LogP contribution in [0.4, 0.5) is 4.39 Å². The van der Waals surface area contributed by atoms with Gasteiger partial charge in [0, 0.05) is 5.56 Å². The van der Waals surface area contributed by atoms with Crippen molar-refractivity contribution >= 4 is 0 Å². The highest BCUT2D eigenvalue weighted by molar-refractivity contribution is 5.38. The normalized spacial score (nSPS) is 25.6. The van der Waals surface area contributed by atoms with Crippen molar-refractivity contribution in [3.63, 3.8) is 0 Å². The molecule has 0 saturated heterocycles. The zero-order valence-electron chi connectivity index (χ0n) is 8.03. The fourth-order valence-corrected chi connectivity index (χ4v) is 1.90. The van der Waals surface area contributed by atoms with Gasteiger partial charge in [-0.15, -0.1) is 0 Å². The number of halogens is 1. The zero-order chi connectivity index (χ0) is 10.1. The summed E-state index contributed by atoms with van der Waals surface area (Å²) < 4.78 is 18.3. The Balaban J connectivity index is 2.28. The maximum absolute atomic E-state index is 13.3. The van der Waals surface area contributed by atoms with Crippen LogP contribution in [-0.2, 0) is 0 Å². The highest BCUT2D eigenvalue weighted by Crippen LogP contribution is 2.41. The summed E-state index contributed by atoms with van der Waals surface area (Å²) in [4.78, 5) is 0. The van der Waals surface area contributed by atoms with Gasteiger partial charge in [0.1, 0.15) is 0 Å². The van der Waals surface area contributed by atoms with Gasteiger partial charge in [-0.2, -0.15) is 0 Å². The maximum atomic E-state index is 13.3. The first-order valence-electron chi connectivity index (χ1n) is 4.73. The second-order valence-corrected chi connectivity index (χ2v) is 3.68. The van der Waals surface area contributed by atoms with Gasteiger partial charge in [-0.25, -0.2) is 4.39 Å². The van der Waals surface area contributed by atoms with Crippen molar-refractivity contribution in [3.8, 4) is 5.75 Å². The van der Waals surface area contributed by atoms with Crippen LogP contribution >= 0.6 is 0 Å². The molecule has 0 spiro atoms. The molecule has 3 heteroatoms. The lowest BCUT2D eigenvalue weighted by Crippen LogP contribution is -2.26. The first-order valence-corrected chi connectivity index (χ1v) is 4.73. The average molecular weight is 196 g/mol. The minimum Gasteiger partial charge on any atom is -0.493 e. The molecule has 0 unspecified atom stereocenters. The first kappa shape index (κ1) is 9.46. The summed E-state index contributed by atoms with van der Waals surface area (Å²) in [5, 5.41) is 9.18. The molecule has 2 rings (SSSR count). The predicted molar refractivity (Wildman–Crippen MR) is 50.9 cm³/mol. The van der Waals surface area contributed by atoms with Gasteiger partial charge in [-0.05, 0) is 24.8 Å². The molecule has 0 radical (unpaired) electrons. The first-order chi connectivity index (χ1) is 6.72. The van der Waals surface area contributed by atoms with Gasteiger partial charge >= 0.3 is 0 Å². The Morgan fingerprint density at radius 1 is 1.43 bits per heavy atom. The van der Waals surface area contributed by atoms with Gasteiger partial charge in [-0.3, -0.25) is 0 Å². The third-order valence-electron chi connectivity index (χ3n) is 2.75. The minimum absolute atomic E-state index is 0.229. The number of methoxy groups -OCH3 is 1. The lowest BCUT2D eigenvalue weighted by Gasteiger charge is -2.32. The number of ether oxygens (including phenoxy) is 1. The molecule has 76 valence electrons. The van der Waals surface area contributed by atoms with Crippen molar-refractivity contribution in [1.29, 1.82) is 0 Å². The summed E-state index contributed by atoms with van der Waals surface area (Å²) in [6.45, 7) is 0. The third kappa shape index (κ3) is 1.48. The molecule has 1 aromatic carbocycles. The Kier molecular flexibility index (Phi) is 2.42. The molecule has 0 atom stereocenters. The Bertz CT molecular complexity index is 332. The molecule has 1 saturated carbocycles. The van der Waals surface area contributed by atoms with Gasteiger partial charge in [-0.1, -0.05) is 12.1 Å². The van der Waals surface area contributed by atoms with E-state index in [0.717, 1.165) is 5.56 Å². The summed E-state index contributed by atoms with van der Waals surface area (Å²) in [5.41, 5.74) is 0.873. The molecular formula is C11H13FO2. The summed E-state index contributed by atoms with van der Waals surface area (Å²) in [7, 11) is 1.47. The van der Waals surface area contributed by atoms with Crippen LogP contribution in [0.2, 0.25) is 0 Å². The molecule has 1 fully saturated rings. The Hall–Kier alpha value is -1.09. The summed E-state index contributed by atoms with van der Waals surface area (Å²) >= 11 is 0. The molecule has 14 heavy (non-hydrogen) atoms. The molecule has 1 N–H and O–H groups in total. The maximum Gasteiger partial charge on any atom is 0.165 e. The number of hydrogen-bond donors (Lipinski definition) is 1. The molecule has 1 aliphatic carbocycles. The standard InChI is InChI=1S/C11H13FO2/c1-14-11-9(3-2-4-10(11)12)7-5-8(13)6-7/h2-4,7-8,13H,5-6H2,1H3. The van der Waals surface area contributed by atoms with E-state index < -0.39 is 0 Å². The monoisotopic (exact) mass is 196 g/mol. The van der Waals surface area contributed by atoms with Crippen LogP contribution in [0.15, 0.2) is 18.2 Å². The quantitative estimate of drug-likeness (QED) is 0.784. The summed E-state index contributed by atoms with van der Waals surface area (Å²) in [6, 6.07) is 4.92. The summed E-state index contributed by atoms with van der Waals surface area (Å²) in [6.07, 6.45) is 1.19. The van der Waals surface area contributed by atoms with Gasteiger partial charge in [0.25, 0.3) is 0 Å². The molecule has 0 bridgehead atoms. The molecular weight excluding hydrogens is 183 g/mol. The number of aliphatic hydroxyl groups is 1. The molecule has 1 aliphatic rings. The van der Waals surface area contributed by atoms with Crippen LogP contribution < -0.4 is 4.74 Å². The number of hydrogen-bond acceptors (Lipinski definition) is 2. The zero-order valence-corrected chi connectivity index (χ0v) is 8.03. The second kappa shape index (κ2) is 3.58. The molecule has 1 aromatic rings. The van der Waals surface area contributed by atoms with Gasteiger partial charge in [0.2, 0.25) is 0 Å². The lowest BCUT2D eigenvalue weighted by molar-refractivity contribution is 0.0736. The Labute approximate surface area is 82.3 Å². The van der Waals surface area contributed by atoms with E-state index in [-0.39, 0.29) is 17.8 Å². The fourth-order valence-electron chi connectivity index (χ4n) is 1.90. The van der Waals surface area contributed by atoms with Crippen LogP contribution in [0, 0.1) is 5.82 Å². The van der Waals surface area contributed by atoms with Crippen molar-refractivity contribution in [2.45, 2.75) is 24.9 Å². The van der Waals surface area contributed by atoms with E-state index >= 15 is 0 Å². The van der Waals surface area contributed by atoms with Crippen LogP contribution in [0.5, 0.6) is 5.75 Å². The van der Waals surface area contributed by atoms with Gasteiger partial charge in [0.05, 0.1) is 13.2 Å². The third-order valence-corrected chi connectivity index (χ3v) is 2.75. The predicted octanol–water partition coefficient (Wildman–Crippen LogP) is 2.07. The van der Waals surface area contributed by atoms with E-state index in [2.05, 4.69) is 0 Å². The smallest absolute Gasteiger partial charge is 0.165 e. The average Bonchev–Trinajstić information content (AvgIpc) is 2.13. The van der Waals surface area contributed by atoms with Crippen molar-refractivity contribution in [2.24, 2.45) is 0 Å². The molecule has 0 heterocycles. The van der Waals surface area contributed by atoms with E-state index in [1.54, 1.807) is 6.07 Å². The minimum atomic E-state index is -0.327. The Morgan fingerprint density at radius 2 is 2.14 bits per heavy atom. The SMILES string of the molecule is COc1c(F)cccc1C1CC(O)C1. The van der Waals surface area contributed by atoms with E-state index in [1.807, 2.05) is 6.07 Å². The summed E-state index contributed by atoms with van der Waals surface area (Å²) in [5.74, 6) is 0.242. The molecule has 0 aliphatic heterocycles. The highest BCUT2D eigenvalue weighted by Gasteiger charge is 2.31.